The monoisotopic (exact) mass is 279 g/mol. The van der Waals surface area contributed by atoms with Crippen molar-refractivity contribution in [1.82, 2.24) is 5.32 Å². The topological polar surface area (TPSA) is 12.0 Å². The first-order valence-electron chi connectivity index (χ1n) is 6.33. The SMILES string of the molecule is Brc1cccc(C2CC(NC3CCC3)C2)c1. The minimum atomic E-state index is 0.786. The van der Waals surface area contributed by atoms with E-state index in [0.29, 0.717) is 0 Å². The van der Waals surface area contributed by atoms with Crippen LogP contribution in [0.5, 0.6) is 0 Å². The smallest absolute Gasteiger partial charge is 0.0178 e. The molecular formula is C14H18BrN. The van der Waals surface area contributed by atoms with Crippen molar-refractivity contribution in [2.45, 2.75) is 50.1 Å². The summed E-state index contributed by atoms with van der Waals surface area (Å²) in [4.78, 5) is 0. The molecule has 0 amide bonds. The zero-order chi connectivity index (χ0) is 11.0. The van der Waals surface area contributed by atoms with Gasteiger partial charge >= 0.3 is 0 Å². The lowest BCUT2D eigenvalue weighted by atomic mass is 9.75. The minimum absolute atomic E-state index is 0.786. The van der Waals surface area contributed by atoms with E-state index in [0.717, 1.165) is 18.0 Å². The van der Waals surface area contributed by atoms with Gasteiger partial charge in [-0.15, -0.1) is 0 Å². The highest BCUT2D eigenvalue weighted by atomic mass is 79.9. The predicted octanol–water partition coefficient (Wildman–Crippen LogP) is 3.84. The van der Waals surface area contributed by atoms with Gasteiger partial charge in [0.1, 0.15) is 0 Å². The molecule has 2 aliphatic carbocycles. The molecule has 2 saturated carbocycles. The van der Waals surface area contributed by atoms with Crippen LogP contribution in [0.25, 0.3) is 0 Å². The average molecular weight is 280 g/mol. The molecule has 16 heavy (non-hydrogen) atoms. The molecule has 0 bridgehead atoms. The molecule has 3 rings (SSSR count). The van der Waals surface area contributed by atoms with Crippen molar-refractivity contribution in [2.75, 3.05) is 0 Å². The van der Waals surface area contributed by atoms with Crippen LogP contribution in [0.2, 0.25) is 0 Å². The van der Waals surface area contributed by atoms with E-state index in [1.165, 1.54) is 42.1 Å². The Balaban J connectivity index is 1.52. The predicted molar refractivity (Wildman–Crippen MR) is 70.7 cm³/mol. The van der Waals surface area contributed by atoms with Crippen LogP contribution in [0.15, 0.2) is 28.7 Å². The van der Waals surface area contributed by atoms with Gasteiger partial charge in [-0.2, -0.15) is 0 Å². The van der Waals surface area contributed by atoms with Crippen molar-refractivity contribution in [2.24, 2.45) is 0 Å². The highest BCUT2D eigenvalue weighted by Crippen LogP contribution is 2.38. The third kappa shape index (κ3) is 2.18. The van der Waals surface area contributed by atoms with Crippen molar-refractivity contribution in [3.63, 3.8) is 0 Å². The zero-order valence-electron chi connectivity index (χ0n) is 9.45. The Morgan fingerprint density at radius 1 is 1.12 bits per heavy atom. The second kappa shape index (κ2) is 4.50. The lowest BCUT2D eigenvalue weighted by molar-refractivity contribution is 0.220. The van der Waals surface area contributed by atoms with E-state index in [9.17, 15) is 0 Å². The lowest BCUT2D eigenvalue weighted by Crippen LogP contribution is -2.48. The summed E-state index contributed by atoms with van der Waals surface area (Å²) in [6, 6.07) is 10.4. The van der Waals surface area contributed by atoms with Gasteiger partial charge in [0.05, 0.1) is 0 Å². The molecule has 0 heterocycles. The van der Waals surface area contributed by atoms with E-state index < -0.39 is 0 Å². The molecule has 2 heteroatoms. The number of halogens is 1. The molecule has 1 N–H and O–H groups in total. The van der Waals surface area contributed by atoms with E-state index in [4.69, 9.17) is 0 Å². The van der Waals surface area contributed by atoms with E-state index in [2.05, 4.69) is 45.5 Å². The molecule has 0 saturated heterocycles. The number of benzene rings is 1. The van der Waals surface area contributed by atoms with Crippen LogP contribution >= 0.6 is 15.9 Å². The number of nitrogens with one attached hydrogen (secondary N) is 1. The van der Waals surface area contributed by atoms with Gasteiger partial charge in [0, 0.05) is 16.6 Å². The Kier molecular flexibility index (Phi) is 3.03. The number of hydrogen-bond donors (Lipinski definition) is 1. The molecule has 0 aliphatic heterocycles. The van der Waals surface area contributed by atoms with Gasteiger partial charge in [0.25, 0.3) is 0 Å². The summed E-state index contributed by atoms with van der Waals surface area (Å²) < 4.78 is 1.21. The average Bonchev–Trinajstić information content (AvgIpc) is 2.12. The fourth-order valence-electron chi connectivity index (χ4n) is 2.69. The highest BCUT2D eigenvalue weighted by Gasteiger charge is 2.32. The second-order valence-corrected chi connectivity index (χ2v) is 6.13. The summed E-state index contributed by atoms with van der Waals surface area (Å²) in [5, 5.41) is 3.76. The summed E-state index contributed by atoms with van der Waals surface area (Å²) >= 11 is 3.54. The van der Waals surface area contributed by atoms with Crippen LogP contribution in [0.1, 0.15) is 43.6 Å². The van der Waals surface area contributed by atoms with Crippen molar-refractivity contribution in [3.8, 4) is 0 Å². The zero-order valence-corrected chi connectivity index (χ0v) is 11.0. The van der Waals surface area contributed by atoms with Crippen LogP contribution in [0, 0.1) is 0 Å². The van der Waals surface area contributed by atoms with Crippen molar-refractivity contribution in [1.29, 1.82) is 0 Å². The van der Waals surface area contributed by atoms with Crippen LogP contribution in [0.4, 0.5) is 0 Å². The molecule has 1 nitrogen and oxygen atoms in total. The van der Waals surface area contributed by atoms with E-state index in [1.807, 2.05) is 0 Å². The quantitative estimate of drug-likeness (QED) is 0.887. The lowest BCUT2D eigenvalue weighted by Gasteiger charge is -2.41. The summed E-state index contributed by atoms with van der Waals surface area (Å²) in [5.41, 5.74) is 1.50. The van der Waals surface area contributed by atoms with Gasteiger partial charge in [0.15, 0.2) is 0 Å². The Labute approximate surface area is 106 Å². The van der Waals surface area contributed by atoms with E-state index in [1.54, 1.807) is 0 Å². The van der Waals surface area contributed by atoms with Crippen LogP contribution in [-0.2, 0) is 0 Å². The first kappa shape index (κ1) is 10.8. The molecule has 86 valence electrons. The first-order chi connectivity index (χ1) is 7.81. The van der Waals surface area contributed by atoms with Gasteiger partial charge < -0.3 is 5.32 Å². The minimum Gasteiger partial charge on any atom is -0.311 e. The second-order valence-electron chi connectivity index (χ2n) is 5.21. The maximum atomic E-state index is 3.76. The van der Waals surface area contributed by atoms with E-state index in [-0.39, 0.29) is 0 Å². The van der Waals surface area contributed by atoms with Crippen LogP contribution in [0.3, 0.4) is 0 Å². The van der Waals surface area contributed by atoms with E-state index >= 15 is 0 Å². The first-order valence-corrected chi connectivity index (χ1v) is 7.12. The molecule has 0 atom stereocenters. The largest absolute Gasteiger partial charge is 0.311 e. The maximum Gasteiger partial charge on any atom is 0.0178 e. The summed E-state index contributed by atoms with van der Waals surface area (Å²) in [6.07, 6.45) is 6.88. The normalized spacial score (nSPS) is 29.6. The molecule has 1 aromatic carbocycles. The third-order valence-corrected chi connectivity index (χ3v) is 4.53. The maximum absolute atomic E-state index is 3.76. The molecule has 0 aromatic heterocycles. The number of hydrogen-bond acceptors (Lipinski definition) is 1. The van der Waals surface area contributed by atoms with Crippen LogP contribution < -0.4 is 5.32 Å². The van der Waals surface area contributed by atoms with Crippen LogP contribution in [-0.4, -0.2) is 12.1 Å². The molecule has 0 radical (unpaired) electrons. The Bertz CT molecular complexity index is 367. The van der Waals surface area contributed by atoms with Gasteiger partial charge in [-0.1, -0.05) is 34.5 Å². The molecule has 0 spiro atoms. The summed E-state index contributed by atoms with van der Waals surface area (Å²) in [5.74, 6) is 0.787. The van der Waals surface area contributed by atoms with Gasteiger partial charge in [-0.05, 0) is 49.3 Å². The van der Waals surface area contributed by atoms with Gasteiger partial charge in [-0.25, -0.2) is 0 Å². The highest BCUT2D eigenvalue weighted by molar-refractivity contribution is 9.10. The molecule has 2 fully saturated rings. The molecular weight excluding hydrogens is 262 g/mol. The van der Waals surface area contributed by atoms with Crippen molar-refractivity contribution >= 4 is 15.9 Å². The van der Waals surface area contributed by atoms with Gasteiger partial charge in [-0.3, -0.25) is 0 Å². The Hall–Kier alpha value is -0.340. The molecule has 0 unspecified atom stereocenters. The van der Waals surface area contributed by atoms with Crippen molar-refractivity contribution in [3.05, 3.63) is 34.3 Å². The summed E-state index contributed by atoms with van der Waals surface area (Å²) in [6.45, 7) is 0. The van der Waals surface area contributed by atoms with Crippen molar-refractivity contribution < 1.29 is 0 Å². The number of rotatable bonds is 3. The Morgan fingerprint density at radius 3 is 2.56 bits per heavy atom. The standard InChI is InChI=1S/C14H18BrN/c15-12-4-1-3-10(7-12)11-8-14(9-11)16-13-5-2-6-13/h1,3-4,7,11,13-14,16H,2,5-6,8-9H2. The summed E-state index contributed by atoms with van der Waals surface area (Å²) in [7, 11) is 0. The Morgan fingerprint density at radius 2 is 1.94 bits per heavy atom. The molecule has 2 aliphatic rings. The fraction of sp³-hybridized carbons (Fsp3) is 0.571. The molecule has 1 aromatic rings. The van der Waals surface area contributed by atoms with Gasteiger partial charge in [0.2, 0.25) is 0 Å². The third-order valence-electron chi connectivity index (χ3n) is 4.03. The fourth-order valence-corrected chi connectivity index (χ4v) is 3.11.